The molecule has 3 rings (SSSR count). The van der Waals surface area contributed by atoms with E-state index >= 15 is 0 Å². The van der Waals surface area contributed by atoms with Crippen LogP contribution in [-0.2, 0) is 4.79 Å². The molecule has 0 radical (unpaired) electrons. The molecule has 6 heteroatoms. The van der Waals surface area contributed by atoms with Crippen molar-refractivity contribution in [2.75, 3.05) is 26.2 Å². The molecule has 0 saturated carbocycles. The minimum Gasteiger partial charge on any atom is -0.340 e. The second kappa shape index (κ2) is 7.45. The highest BCUT2D eigenvalue weighted by atomic mass is 32.1. The lowest BCUT2D eigenvalue weighted by atomic mass is 10.2. The first kappa shape index (κ1) is 16.5. The zero-order valence-corrected chi connectivity index (χ0v) is 14.5. The van der Waals surface area contributed by atoms with Gasteiger partial charge in [-0.1, -0.05) is 6.07 Å². The second-order valence-electron chi connectivity index (χ2n) is 6.51. The first-order valence-corrected chi connectivity index (χ1v) is 9.40. The fraction of sp³-hybridized carbons (Fsp3) is 0.647. The van der Waals surface area contributed by atoms with Gasteiger partial charge >= 0.3 is 0 Å². The zero-order valence-electron chi connectivity index (χ0n) is 13.7. The van der Waals surface area contributed by atoms with Crippen molar-refractivity contribution in [3.05, 3.63) is 22.4 Å². The van der Waals surface area contributed by atoms with Gasteiger partial charge in [0, 0.05) is 19.1 Å². The molecule has 3 heterocycles. The molecule has 1 aromatic rings. The maximum absolute atomic E-state index is 12.7. The van der Waals surface area contributed by atoms with Crippen LogP contribution in [-0.4, -0.2) is 59.9 Å². The van der Waals surface area contributed by atoms with Crippen LogP contribution in [0.4, 0.5) is 0 Å². The van der Waals surface area contributed by atoms with Gasteiger partial charge in [-0.05, 0) is 57.1 Å². The number of amides is 2. The molecule has 0 spiro atoms. The third kappa shape index (κ3) is 3.93. The van der Waals surface area contributed by atoms with Crippen molar-refractivity contribution in [1.82, 2.24) is 15.1 Å². The van der Waals surface area contributed by atoms with Crippen molar-refractivity contribution >= 4 is 23.2 Å². The summed E-state index contributed by atoms with van der Waals surface area (Å²) in [5.74, 6) is -0.104. The van der Waals surface area contributed by atoms with Crippen LogP contribution in [0.15, 0.2) is 17.5 Å². The van der Waals surface area contributed by atoms with Crippen LogP contribution >= 0.6 is 11.3 Å². The van der Waals surface area contributed by atoms with Crippen LogP contribution in [0.1, 0.15) is 42.3 Å². The molecule has 2 aliphatic rings. The Labute approximate surface area is 141 Å². The molecule has 1 aromatic heterocycles. The Bertz CT molecular complexity index is 540. The number of carbonyl (C=O) groups excluding carboxylic acids is 2. The fourth-order valence-electron chi connectivity index (χ4n) is 3.56. The van der Waals surface area contributed by atoms with Crippen molar-refractivity contribution < 1.29 is 9.59 Å². The summed E-state index contributed by atoms with van der Waals surface area (Å²) in [6.07, 6.45) is 4.69. The lowest BCUT2D eigenvalue weighted by Crippen LogP contribution is -2.50. The SMILES string of the molecule is CC(NC(=O)c1cccs1)C(=O)N1CCCC1CN1CCCC1. The molecule has 126 valence electrons. The van der Waals surface area contributed by atoms with Crippen LogP contribution < -0.4 is 5.32 Å². The Hall–Kier alpha value is -1.40. The molecule has 2 atom stereocenters. The number of thiophene rings is 1. The number of carbonyl (C=O) groups is 2. The van der Waals surface area contributed by atoms with E-state index in [1.165, 1.54) is 24.2 Å². The van der Waals surface area contributed by atoms with Gasteiger partial charge in [-0.25, -0.2) is 0 Å². The van der Waals surface area contributed by atoms with Crippen LogP contribution in [0.25, 0.3) is 0 Å². The molecular formula is C17H25N3O2S. The third-order valence-electron chi connectivity index (χ3n) is 4.79. The summed E-state index contributed by atoms with van der Waals surface area (Å²) in [6.45, 7) is 5.90. The van der Waals surface area contributed by atoms with E-state index in [1.54, 1.807) is 13.0 Å². The van der Waals surface area contributed by atoms with Crippen LogP contribution in [0.5, 0.6) is 0 Å². The van der Waals surface area contributed by atoms with E-state index < -0.39 is 6.04 Å². The minimum atomic E-state index is -0.469. The summed E-state index contributed by atoms with van der Waals surface area (Å²) in [7, 11) is 0. The smallest absolute Gasteiger partial charge is 0.261 e. The van der Waals surface area contributed by atoms with Gasteiger partial charge in [0.05, 0.1) is 4.88 Å². The van der Waals surface area contributed by atoms with Gasteiger partial charge in [-0.3, -0.25) is 9.59 Å². The lowest BCUT2D eigenvalue weighted by Gasteiger charge is -2.30. The fourth-order valence-corrected chi connectivity index (χ4v) is 4.19. The van der Waals surface area contributed by atoms with Crippen LogP contribution in [0.2, 0.25) is 0 Å². The highest BCUT2D eigenvalue weighted by Gasteiger charge is 2.33. The Morgan fingerprint density at radius 3 is 2.78 bits per heavy atom. The molecule has 2 amide bonds. The number of rotatable bonds is 5. The number of nitrogens with one attached hydrogen (secondary N) is 1. The number of nitrogens with zero attached hydrogens (tertiary/aromatic N) is 2. The Kier molecular flexibility index (Phi) is 5.33. The molecule has 5 nitrogen and oxygen atoms in total. The largest absolute Gasteiger partial charge is 0.340 e. The molecule has 0 aliphatic carbocycles. The van der Waals surface area contributed by atoms with Crippen molar-refractivity contribution in [3.63, 3.8) is 0 Å². The average molecular weight is 335 g/mol. The minimum absolute atomic E-state index is 0.0524. The quantitative estimate of drug-likeness (QED) is 0.895. The van der Waals surface area contributed by atoms with Gasteiger partial charge in [-0.2, -0.15) is 0 Å². The predicted octanol–water partition coefficient (Wildman–Crippen LogP) is 1.95. The standard InChI is InChI=1S/C17H25N3O2S/c1-13(18-16(21)15-7-5-11-23-15)17(22)20-10-4-6-14(20)12-19-8-2-3-9-19/h5,7,11,13-14H,2-4,6,8-10,12H2,1H3,(H,18,21). The lowest BCUT2D eigenvalue weighted by molar-refractivity contribution is -0.133. The van der Waals surface area contributed by atoms with Gasteiger partial charge in [0.15, 0.2) is 0 Å². The van der Waals surface area contributed by atoms with Gasteiger partial charge in [0.1, 0.15) is 6.04 Å². The van der Waals surface area contributed by atoms with E-state index in [1.807, 2.05) is 16.3 Å². The topological polar surface area (TPSA) is 52.7 Å². The number of likely N-dealkylation sites (tertiary alicyclic amines) is 2. The molecule has 0 bridgehead atoms. The molecular weight excluding hydrogens is 310 g/mol. The van der Waals surface area contributed by atoms with Crippen molar-refractivity contribution in [2.24, 2.45) is 0 Å². The van der Waals surface area contributed by atoms with E-state index in [-0.39, 0.29) is 11.8 Å². The van der Waals surface area contributed by atoms with E-state index in [0.29, 0.717) is 10.9 Å². The third-order valence-corrected chi connectivity index (χ3v) is 5.66. The molecule has 2 saturated heterocycles. The van der Waals surface area contributed by atoms with E-state index in [0.717, 1.165) is 39.0 Å². The second-order valence-corrected chi connectivity index (χ2v) is 7.46. The van der Waals surface area contributed by atoms with Gasteiger partial charge in [-0.15, -0.1) is 11.3 Å². The molecule has 0 aromatic carbocycles. The molecule has 2 unspecified atom stereocenters. The van der Waals surface area contributed by atoms with Gasteiger partial charge in [0.25, 0.3) is 5.91 Å². The molecule has 2 aliphatic heterocycles. The van der Waals surface area contributed by atoms with E-state index in [4.69, 9.17) is 0 Å². The maximum atomic E-state index is 12.7. The summed E-state index contributed by atoms with van der Waals surface area (Å²) in [5.41, 5.74) is 0. The first-order valence-electron chi connectivity index (χ1n) is 8.52. The molecule has 1 N–H and O–H groups in total. The van der Waals surface area contributed by atoms with Crippen LogP contribution in [0.3, 0.4) is 0 Å². The summed E-state index contributed by atoms with van der Waals surface area (Å²) in [6, 6.07) is 3.47. The van der Waals surface area contributed by atoms with Crippen molar-refractivity contribution in [1.29, 1.82) is 0 Å². The maximum Gasteiger partial charge on any atom is 0.261 e. The van der Waals surface area contributed by atoms with Gasteiger partial charge < -0.3 is 15.1 Å². The van der Waals surface area contributed by atoms with Crippen molar-refractivity contribution in [2.45, 2.75) is 44.7 Å². The van der Waals surface area contributed by atoms with Crippen molar-refractivity contribution in [3.8, 4) is 0 Å². The summed E-state index contributed by atoms with van der Waals surface area (Å²) in [4.78, 5) is 29.9. The van der Waals surface area contributed by atoms with Gasteiger partial charge in [0.2, 0.25) is 5.91 Å². The average Bonchev–Trinajstić information content (AvgIpc) is 3.29. The van der Waals surface area contributed by atoms with E-state index in [9.17, 15) is 9.59 Å². The molecule has 23 heavy (non-hydrogen) atoms. The molecule has 2 fully saturated rings. The van der Waals surface area contributed by atoms with E-state index in [2.05, 4.69) is 10.2 Å². The number of hydrogen-bond acceptors (Lipinski definition) is 4. The predicted molar refractivity (Wildman–Crippen MR) is 91.7 cm³/mol. The summed E-state index contributed by atoms with van der Waals surface area (Å²) >= 11 is 1.40. The number of hydrogen-bond donors (Lipinski definition) is 1. The van der Waals surface area contributed by atoms with Crippen LogP contribution in [0, 0.1) is 0 Å². The summed E-state index contributed by atoms with van der Waals surface area (Å²) < 4.78 is 0. The highest BCUT2D eigenvalue weighted by molar-refractivity contribution is 7.12. The normalized spacial score (nSPS) is 23.2. The highest BCUT2D eigenvalue weighted by Crippen LogP contribution is 2.21. The Balaban J connectivity index is 1.56. The zero-order chi connectivity index (χ0) is 16.2. The Morgan fingerprint density at radius 1 is 1.30 bits per heavy atom. The monoisotopic (exact) mass is 335 g/mol. The first-order chi connectivity index (χ1) is 11.1. The summed E-state index contributed by atoms with van der Waals surface area (Å²) in [5, 5.41) is 4.71. The Morgan fingerprint density at radius 2 is 2.09 bits per heavy atom.